The third-order valence-corrected chi connectivity index (χ3v) is 12.9. The first-order chi connectivity index (χ1) is 17.9. The van der Waals surface area contributed by atoms with Crippen molar-refractivity contribution in [2.75, 3.05) is 0 Å². The highest BCUT2D eigenvalue weighted by Gasteiger charge is 2.72. The van der Waals surface area contributed by atoms with E-state index in [-0.39, 0.29) is 57.6 Å². The maximum atomic E-state index is 12.6. The third kappa shape index (κ3) is 4.91. The predicted octanol–water partition coefficient (Wildman–Crippen LogP) is 7.64. The standard InChI is InChI=1S/C34H56O5/c1-21(2)12-11-16-34(10,37)24-13-18-32(8)25(24)20-26(38-22(3)35)29-31(7)17-15-28(39-23(4)36)30(5,6)27(31)14-19-33(29,32)9/h12,24-29,37H,11,13-20H2,1-10H3/t24-,25?,26+,27?,28-,29?,31-,32+,33+,34?/m0/s1. The minimum atomic E-state index is -0.746. The first-order valence-corrected chi connectivity index (χ1v) is 15.6. The van der Waals surface area contributed by atoms with Crippen LogP contribution in [-0.2, 0) is 19.1 Å². The van der Waals surface area contributed by atoms with E-state index in [2.05, 4.69) is 61.5 Å². The van der Waals surface area contributed by atoms with Crippen LogP contribution in [-0.4, -0.2) is 34.9 Å². The minimum absolute atomic E-state index is 0.00360. The number of fused-ring (bicyclic) bond motifs is 5. The van der Waals surface area contributed by atoms with Crippen molar-refractivity contribution in [3.63, 3.8) is 0 Å². The second kappa shape index (κ2) is 10.2. The molecular formula is C34H56O5. The first kappa shape index (κ1) is 30.6. The molecule has 4 saturated carbocycles. The van der Waals surface area contributed by atoms with Crippen molar-refractivity contribution in [3.8, 4) is 0 Å². The number of carbonyl (C=O) groups excluding carboxylic acids is 2. The lowest BCUT2D eigenvalue weighted by atomic mass is 9.35. The Morgan fingerprint density at radius 1 is 0.897 bits per heavy atom. The number of rotatable bonds is 6. The molecule has 0 bridgehead atoms. The van der Waals surface area contributed by atoms with Crippen molar-refractivity contribution in [1.82, 2.24) is 0 Å². The second-order valence-corrected chi connectivity index (χ2v) is 15.7. The number of esters is 2. The fourth-order valence-electron chi connectivity index (χ4n) is 11.1. The van der Waals surface area contributed by atoms with Crippen LogP contribution in [0.1, 0.15) is 127 Å². The van der Waals surface area contributed by atoms with E-state index in [9.17, 15) is 14.7 Å². The Morgan fingerprint density at radius 3 is 2.10 bits per heavy atom. The maximum Gasteiger partial charge on any atom is 0.302 e. The normalized spacial score (nSPS) is 44.2. The van der Waals surface area contributed by atoms with Gasteiger partial charge in [-0.05, 0) is 113 Å². The zero-order chi connectivity index (χ0) is 29.2. The molecule has 4 unspecified atom stereocenters. The van der Waals surface area contributed by atoms with Crippen molar-refractivity contribution < 1.29 is 24.2 Å². The van der Waals surface area contributed by atoms with Crippen molar-refractivity contribution in [1.29, 1.82) is 0 Å². The van der Waals surface area contributed by atoms with Crippen LogP contribution in [0.5, 0.6) is 0 Å². The molecule has 5 heteroatoms. The lowest BCUT2D eigenvalue weighted by Crippen LogP contribution is -2.68. The lowest BCUT2D eigenvalue weighted by molar-refractivity contribution is -0.262. The van der Waals surface area contributed by atoms with Gasteiger partial charge >= 0.3 is 11.9 Å². The molecule has 0 radical (unpaired) electrons. The number of hydrogen-bond acceptors (Lipinski definition) is 5. The Balaban J connectivity index is 1.73. The fourth-order valence-corrected chi connectivity index (χ4v) is 11.1. The molecule has 10 atom stereocenters. The molecule has 39 heavy (non-hydrogen) atoms. The molecule has 0 aliphatic heterocycles. The molecule has 0 aromatic carbocycles. The Morgan fingerprint density at radius 2 is 1.51 bits per heavy atom. The summed E-state index contributed by atoms with van der Waals surface area (Å²) < 4.78 is 12.2. The molecule has 0 aromatic heterocycles. The van der Waals surface area contributed by atoms with Gasteiger partial charge in [0, 0.05) is 25.2 Å². The molecule has 0 amide bonds. The molecule has 1 N–H and O–H groups in total. The van der Waals surface area contributed by atoms with Crippen molar-refractivity contribution >= 4 is 11.9 Å². The molecule has 4 aliphatic carbocycles. The van der Waals surface area contributed by atoms with Gasteiger partial charge in [-0.25, -0.2) is 0 Å². The predicted molar refractivity (Wildman–Crippen MR) is 155 cm³/mol. The molecular weight excluding hydrogens is 488 g/mol. The quantitative estimate of drug-likeness (QED) is 0.275. The summed E-state index contributed by atoms with van der Waals surface area (Å²) in [7, 11) is 0. The van der Waals surface area contributed by atoms with E-state index < -0.39 is 5.60 Å². The molecule has 222 valence electrons. The summed E-state index contributed by atoms with van der Waals surface area (Å²) in [6.45, 7) is 21.4. The summed E-state index contributed by atoms with van der Waals surface area (Å²) >= 11 is 0. The lowest BCUT2D eigenvalue weighted by Gasteiger charge is -2.71. The van der Waals surface area contributed by atoms with Gasteiger partial charge in [0.2, 0.25) is 0 Å². The number of allylic oxidation sites excluding steroid dienone is 2. The smallest absolute Gasteiger partial charge is 0.302 e. The third-order valence-electron chi connectivity index (χ3n) is 12.9. The summed E-state index contributed by atoms with van der Waals surface area (Å²) in [5, 5.41) is 11.9. The molecule has 4 fully saturated rings. The highest BCUT2D eigenvalue weighted by atomic mass is 16.5. The SMILES string of the molecule is CC(=O)O[C@H]1CC[C@@]2(C)C(CC[C@]3(C)C2[C@H](OC(C)=O)CC2[C@@H](C(C)(O)CCC=C(C)C)CC[C@]23C)C1(C)C. The van der Waals surface area contributed by atoms with Crippen LogP contribution in [0.25, 0.3) is 0 Å². The van der Waals surface area contributed by atoms with Gasteiger partial charge in [-0.15, -0.1) is 0 Å². The molecule has 0 spiro atoms. The van der Waals surface area contributed by atoms with Crippen LogP contribution < -0.4 is 0 Å². The van der Waals surface area contributed by atoms with E-state index in [1.807, 2.05) is 0 Å². The van der Waals surface area contributed by atoms with Crippen LogP contribution >= 0.6 is 0 Å². The fraction of sp³-hybridized carbons (Fsp3) is 0.882. The van der Waals surface area contributed by atoms with Crippen molar-refractivity contribution in [3.05, 3.63) is 11.6 Å². The van der Waals surface area contributed by atoms with Gasteiger partial charge in [0.15, 0.2) is 0 Å². The van der Waals surface area contributed by atoms with E-state index in [0.717, 1.165) is 57.8 Å². The minimum Gasteiger partial charge on any atom is -0.462 e. The highest BCUT2D eigenvalue weighted by Crippen LogP contribution is 2.76. The van der Waals surface area contributed by atoms with Gasteiger partial charge in [-0.2, -0.15) is 0 Å². The van der Waals surface area contributed by atoms with E-state index in [1.54, 1.807) is 6.92 Å². The van der Waals surface area contributed by atoms with E-state index in [4.69, 9.17) is 9.47 Å². The number of carbonyl (C=O) groups is 2. The monoisotopic (exact) mass is 544 g/mol. The van der Waals surface area contributed by atoms with Crippen LogP contribution in [0, 0.1) is 45.3 Å². The zero-order valence-electron chi connectivity index (χ0n) is 26.5. The van der Waals surface area contributed by atoms with Gasteiger partial charge in [-0.1, -0.05) is 46.3 Å². The molecule has 4 aliphatic rings. The van der Waals surface area contributed by atoms with E-state index >= 15 is 0 Å². The van der Waals surface area contributed by atoms with Crippen molar-refractivity contribution in [2.45, 2.75) is 145 Å². The van der Waals surface area contributed by atoms with Crippen LogP contribution in [0.2, 0.25) is 0 Å². The van der Waals surface area contributed by atoms with Gasteiger partial charge in [0.05, 0.1) is 5.60 Å². The number of hydrogen-bond donors (Lipinski definition) is 1. The Labute approximate surface area is 237 Å². The molecule has 5 nitrogen and oxygen atoms in total. The molecule has 0 heterocycles. The Hall–Kier alpha value is -1.36. The van der Waals surface area contributed by atoms with Crippen molar-refractivity contribution in [2.24, 2.45) is 45.3 Å². The Bertz CT molecular complexity index is 992. The maximum absolute atomic E-state index is 12.6. The highest BCUT2D eigenvalue weighted by molar-refractivity contribution is 5.66. The average Bonchev–Trinajstić information content (AvgIpc) is 3.13. The van der Waals surface area contributed by atoms with Gasteiger partial charge in [0.1, 0.15) is 12.2 Å². The van der Waals surface area contributed by atoms with Crippen LogP contribution in [0.15, 0.2) is 11.6 Å². The first-order valence-electron chi connectivity index (χ1n) is 15.6. The van der Waals surface area contributed by atoms with Crippen LogP contribution in [0.4, 0.5) is 0 Å². The second-order valence-electron chi connectivity index (χ2n) is 15.7. The summed E-state index contributed by atoms with van der Waals surface area (Å²) in [5.41, 5.74) is 0.447. The van der Waals surface area contributed by atoms with Crippen LogP contribution in [0.3, 0.4) is 0 Å². The largest absolute Gasteiger partial charge is 0.462 e. The molecule has 0 aromatic rings. The summed E-state index contributed by atoms with van der Waals surface area (Å²) in [6.07, 6.45) is 10.6. The zero-order valence-corrected chi connectivity index (χ0v) is 26.5. The summed E-state index contributed by atoms with van der Waals surface area (Å²) in [4.78, 5) is 24.5. The summed E-state index contributed by atoms with van der Waals surface area (Å²) in [5.74, 6) is 0.733. The number of aliphatic hydroxyl groups is 1. The summed E-state index contributed by atoms with van der Waals surface area (Å²) in [6, 6.07) is 0. The molecule has 4 rings (SSSR count). The van der Waals surface area contributed by atoms with E-state index in [1.165, 1.54) is 12.5 Å². The Kier molecular flexibility index (Phi) is 7.98. The average molecular weight is 545 g/mol. The van der Waals surface area contributed by atoms with Gasteiger partial charge in [0.25, 0.3) is 0 Å². The van der Waals surface area contributed by atoms with Gasteiger partial charge in [-0.3, -0.25) is 9.59 Å². The topological polar surface area (TPSA) is 72.8 Å². The van der Waals surface area contributed by atoms with E-state index in [0.29, 0.717) is 11.8 Å². The molecule has 0 saturated heterocycles. The number of ether oxygens (including phenoxy) is 2. The van der Waals surface area contributed by atoms with Gasteiger partial charge < -0.3 is 14.6 Å².